The number of rotatable bonds is 1. The lowest BCUT2D eigenvalue weighted by Crippen LogP contribution is -2.16. The fraction of sp³-hybridized carbons (Fsp3) is 0.615. The monoisotopic (exact) mass is 222 g/mol. The molecule has 0 amide bonds. The molecule has 0 saturated carbocycles. The Labute approximate surface area is 96.1 Å². The van der Waals surface area contributed by atoms with E-state index in [0.29, 0.717) is 0 Å². The highest BCUT2D eigenvalue weighted by Gasteiger charge is 2.17. The summed E-state index contributed by atoms with van der Waals surface area (Å²) >= 11 is 0. The SMILES string of the molecule is COC(=O)/C1=C/C2=CC(CCCC1)OCC2. The fourth-order valence-electron chi connectivity index (χ4n) is 2.23. The molecular weight excluding hydrogens is 204 g/mol. The molecule has 0 aromatic carbocycles. The first kappa shape index (κ1) is 11.4. The predicted octanol–water partition coefficient (Wildman–Crippen LogP) is 2.38. The number of methoxy groups -OCH3 is 1. The van der Waals surface area contributed by atoms with Gasteiger partial charge in [0, 0.05) is 5.57 Å². The highest BCUT2D eigenvalue weighted by Crippen LogP contribution is 2.24. The molecule has 1 heterocycles. The molecule has 1 unspecified atom stereocenters. The molecule has 0 saturated heterocycles. The Kier molecular flexibility index (Phi) is 3.78. The zero-order chi connectivity index (χ0) is 11.4. The second-order valence-corrected chi connectivity index (χ2v) is 4.31. The van der Waals surface area contributed by atoms with E-state index < -0.39 is 0 Å². The van der Waals surface area contributed by atoms with Gasteiger partial charge in [0.15, 0.2) is 0 Å². The van der Waals surface area contributed by atoms with Crippen molar-refractivity contribution in [1.29, 1.82) is 0 Å². The third-order valence-corrected chi connectivity index (χ3v) is 3.11. The quantitative estimate of drug-likeness (QED) is 0.639. The lowest BCUT2D eigenvalue weighted by atomic mass is 10.0. The van der Waals surface area contributed by atoms with E-state index in [1.54, 1.807) is 0 Å². The average Bonchev–Trinajstić information content (AvgIpc) is 2.38. The van der Waals surface area contributed by atoms with Crippen LogP contribution in [0, 0.1) is 0 Å². The summed E-state index contributed by atoms with van der Waals surface area (Å²) in [5.74, 6) is -0.189. The van der Waals surface area contributed by atoms with E-state index in [2.05, 4.69) is 6.08 Å². The number of carbonyl (C=O) groups excluding carboxylic acids is 1. The van der Waals surface area contributed by atoms with Gasteiger partial charge in [-0.1, -0.05) is 12.5 Å². The Morgan fingerprint density at radius 3 is 3.12 bits per heavy atom. The van der Waals surface area contributed by atoms with Gasteiger partial charge in [-0.25, -0.2) is 4.79 Å². The van der Waals surface area contributed by atoms with Crippen LogP contribution in [0.4, 0.5) is 0 Å². The van der Waals surface area contributed by atoms with Crippen LogP contribution in [0.15, 0.2) is 23.3 Å². The van der Waals surface area contributed by atoms with Crippen LogP contribution >= 0.6 is 0 Å². The molecule has 0 radical (unpaired) electrons. The van der Waals surface area contributed by atoms with Gasteiger partial charge in [0.1, 0.15) is 0 Å². The third kappa shape index (κ3) is 2.73. The van der Waals surface area contributed by atoms with Crippen molar-refractivity contribution in [3.63, 3.8) is 0 Å². The maximum Gasteiger partial charge on any atom is 0.333 e. The first-order chi connectivity index (χ1) is 7.79. The Balaban J connectivity index is 2.20. The molecule has 2 bridgehead atoms. The maximum atomic E-state index is 11.6. The second kappa shape index (κ2) is 5.30. The van der Waals surface area contributed by atoms with E-state index in [1.165, 1.54) is 12.7 Å². The molecule has 2 aliphatic rings. The van der Waals surface area contributed by atoms with Crippen LogP contribution < -0.4 is 0 Å². The summed E-state index contributed by atoms with van der Waals surface area (Å²) < 4.78 is 10.4. The average molecular weight is 222 g/mol. The van der Waals surface area contributed by atoms with Crippen LogP contribution in [-0.2, 0) is 14.3 Å². The Bertz CT molecular complexity index is 328. The molecule has 0 aromatic heterocycles. The van der Waals surface area contributed by atoms with E-state index in [4.69, 9.17) is 9.47 Å². The Morgan fingerprint density at radius 1 is 1.44 bits per heavy atom. The summed E-state index contributed by atoms with van der Waals surface area (Å²) in [5, 5.41) is 0. The predicted molar refractivity (Wildman–Crippen MR) is 61.0 cm³/mol. The first-order valence-corrected chi connectivity index (χ1v) is 5.91. The minimum absolute atomic E-state index is 0.189. The molecule has 0 aromatic rings. The highest BCUT2D eigenvalue weighted by molar-refractivity contribution is 5.88. The van der Waals surface area contributed by atoms with Crippen molar-refractivity contribution in [1.82, 2.24) is 0 Å². The van der Waals surface area contributed by atoms with Crippen LogP contribution in [0.2, 0.25) is 0 Å². The van der Waals surface area contributed by atoms with Gasteiger partial charge in [-0.15, -0.1) is 0 Å². The molecular formula is C13H18O3. The van der Waals surface area contributed by atoms with Gasteiger partial charge in [-0.2, -0.15) is 0 Å². The number of hydrogen-bond acceptors (Lipinski definition) is 3. The number of ether oxygens (including phenoxy) is 2. The standard InChI is InChI=1S/C13H18O3/c1-15-13(14)11-4-2-3-5-12-9-10(8-11)6-7-16-12/h8-9,12H,2-7H2,1H3/b11-8+. The molecule has 3 nitrogen and oxygen atoms in total. The minimum atomic E-state index is -0.189. The van der Waals surface area contributed by atoms with Crippen LogP contribution in [0.3, 0.4) is 0 Å². The Morgan fingerprint density at radius 2 is 2.31 bits per heavy atom. The molecule has 88 valence electrons. The van der Waals surface area contributed by atoms with E-state index in [1.807, 2.05) is 6.08 Å². The van der Waals surface area contributed by atoms with E-state index >= 15 is 0 Å². The third-order valence-electron chi connectivity index (χ3n) is 3.11. The molecule has 2 rings (SSSR count). The van der Waals surface area contributed by atoms with E-state index in [-0.39, 0.29) is 12.1 Å². The number of carbonyl (C=O) groups is 1. The van der Waals surface area contributed by atoms with Crippen LogP contribution in [0.1, 0.15) is 32.1 Å². The van der Waals surface area contributed by atoms with Gasteiger partial charge >= 0.3 is 5.97 Å². The summed E-state index contributed by atoms with van der Waals surface area (Å²) in [6.45, 7) is 0.765. The number of allylic oxidation sites excluding steroid dienone is 1. The lowest BCUT2D eigenvalue weighted by Gasteiger charge is -2.19. The minimum Gasteiger partial charge on any atom is -0.466 e. The molecule has 0 spiro atoms. The zero-order valence-corrected chi connectivity index (χ0v) is 9.70. The summed E-state index contributed by atoms with van der Waals surface area (Å²) in [4.78, 5) is 11.6. The lowest BCUT2D eigenvalue weighted by molar-refractivity contribution is -0.136. The topological polar surface area (TPSA) is 35.5 Å². The van der Waals surface area contributed by atoms with E-state index in [0.717, 1.165) is 44.3 Å². The molecule has 3 heteroatoms. The largest absolute Gasteiger partial charge is 0.466 e. The van der Waals surface area contributed by atoms with E-state index in [9.17, 15) is 4.79 Å². The van der Waals surface area contributed by atoms with Gasteiger partial charge in [-0.05, 0) is 37.3 Å². The molecule has 0 fully saturated rings. The summed E-state index contributed by atoms with van der Waals surface area (Å²) in [6, 6.07) is 0. The van der Waals surface area contributed by atoms with Gasteiger partial charge in [-0.3, -0.25) is 0 Å². The Hall–Kier alpha value is -1.09. The van der Waals surface area contributed by atoms with Gasteiger partial charge in [0.25, 0.3) is 0 Å². The van der Waals surface area contributed by atoms with Crippen molar-refractivity contribution in [2.75, 3.05) is 13.7 Å². The second-order valence-electron chi connectivity index (χ2n) is 4.31. The van der Waals surface area contributed by atoms with Crippen LogP contribution in [0.25, 0.3) is 0 Å². The van der Waals surface area contributed by atoms with Crippen molar-refractivity contribution < 1.29 is 14.3 Å². The maximum absolute atomic E-state index is 11.6. The van der Waals surface area contributed by atoms with Crippen molar-refractivity contribution in [2.24, 2.45) is 0 Å². The molecule has 1 atom stereocenters. The molecule has 0 N–H and O–H groups in total. The van der Waals surface area contributed by atoms with Gasteiger partial charge in [0.05, 0.1) is 19.8 Å². The van der Waals surface area contributed by atoms with Gasteiger partial charge < -0.3 is 9.47 Å². The van der Waals surface area contributed by atoms with Crippen molar-refractivity contribution in [3.8, 4) is 0 Å². The van der Waals surface area contributed by atoms with Crippen molar-refractivity contribution in [3.05, 3.63) is 23.3 Å². The van der Waals surface area contributed by atoms with Gasteiger partial charge in [0.2, 0.25) is 0 Å². The fourth-order valence-corrected chi connectivity index (χ4v) is 2.23. The smallest absolute Gasteiger partial charge is 0.333 e. The molecule has 1 aliphatic carbocycles. The highest BCUT2D eigenvalue weighted by atomic mass is 16.5. The normalized spacial score (nSPS) is 28.9. The summed E-state index contributed by atoms with van der Waals surface area (Å²) in [7, 11) is 1.44. The summed E-state index contributed by atoms with van der Waals surface area (Å²) in [5.41, 5.74) is 2.02. The van der Waals surface area contributed by atoms with Crippen LogP contribution in [-0.4, -0.2) is 25.8 Å². The molecule has 16 heavy (non-hydrogen) atoms. The van der Waals surface area contributed by atoms with Crippen molar-refractivity contribution in [2.45, 2.75) is 38.2 Å². The molecule has 1 aliphatic heterocycles. The number of esters is 1. The van der Waals surface area contributed by atoms with Crippen LogP contribution in [0.5, 0.6) is 0 Å². The number of fused-ring (bicyclic) bond motifs is 1. The van der Waals surface area contributed by atoms with Crippen molar-refractivity contribution >= 4 is 5.97 Å². The first-order valence-electron chi connectivity index (χ1n) is 5.91. The summed E-state index contributed by atoms with van der Waals surface area (Å²) in [6.07, 6.45) is 9.30. The zero-order valence-electron chi connectivity index (χ0n) is 9.70. The number of hydrogen-bond donors (Lipinski definition) is 0.